The molecule has 0 heterocycles. The van der Waals surface area contributed by atoms with Gasteiger partial charge >= 0.3 is 0 Å². The monoisotopic (exact) mass is 336 g/mol. The SMILES string of the molecule is O=C(c1ccc(F)cc1)N(c1ccccc1)c1ccccc1[N+](=O)[O-]. The highest BCUT2D eigenvalue weighted by Crippen LogP contribution is 2.34. The van der Waals surface area contributed by atoms with Crippen LogP contribution in [-0.2, 0) is 0 Å². The normalized spacial score (nSPS) is 10.3. The van der Waals surface area contributed by atoms with Crippen LogP contribution in [-0.4, -0.2) is 10.8 Å². The van der Waals surface area contributed by atoms with Crippen LogP contribution < -0.4 is 4.90 Å². The van der Waals surface area contributed by atoms with Gasteiger partial charge in [-0.25, -0.2) is 4.39 Å². The zero-order valence-corrected chi connectivity index (χ0v) is 13.0. The molecule has 124 valence electrons. The number of hydrogen-bond donors (Lipinski definition) is 0. The van der Waals surface area contributed by atoms with Gasteiger partial charge in [0.2, 0.25) is 0 Å². The Morgan fingerprint density at radius 2 is 1.48 bits per heavy atom. The number of rotatable bonds is 4. The van der Waals surface area contributed by atoms with Crippen molar-refractivity contribution in [2.24, 2.45) is 0 Å². The minimum absolute atomic E-state index is 0.146. The molecule has 0 radical (unpaired) electrons. The minimum atomic E-state index is -0.538. The van der Waals surface area contributed by atoms with Crippen LogP contribution in [0, 0.1) is 15.9 Å². The standard InChI is InChI=1S/C19H13FN2O3/c20-15-12-10-14(11-13-15)19(23)21(16-6-2-1-3-7-16)17-8-4-5-9-18(17)22(24)25/h1-13H. The maximum Gasteiger partial charge on any atom is 0.293 e. The van der Waals surface area contributed by atoms with E-state index in [0.717, 1.165) is 0 Å². The van der Waals surface area contributed by atoms with E-state index in [4.69, 9.17) is 0 Å². The van der Waals surface area contributed by atoms with E-state index in [2.05, 4.69) is 0 Å². The molecule has 3 aromatic carbocycles. The molecule has 0 atom stereocenters. The summed E-state index contributed by atoms with van der Waals surface area (Å²) in [7, 11) is 0. The molecule has 0 spiro atoms. The fourth-order valence-electron chi connectivity index (χ4n) is 2.47. The number of halogens is 1. The molecule has 0 unspecified atom stereocenters. The largest absolute Gasteiger partial charge is 0.293 e. The second kappa shape index (κ2) is 6.92. The average Bonchev–Trinajstić information content (AvgIpc) is 2.63. The average molecular weight is 336 g/mol. The lowest BCUT2D eigenvalue weighted by atomic mass is 10.1. The molecular weight excluding hydrogens is 323 g/mol. The number of nitro groups is 1. The van der Waals surface area contributed by atoms with Gasteiger partial charge in [-0.2, -0.15) is 0 Å². The van der Waals surface area contributed by atoms with Gasteiger partial charge in [0.15, 0.2) is 0 Å². The predicted molar refractivity (Wildman–Crippen MR) is 92.4 cm³/mol. The van der Waals surface area contributed by atoms with Crippen molar-refractivity contribution in [2.75, 3.05) is 4.90 Å². The molecule has 3 aromatic rings. The van der Waals surface area contributed by atoms with Crippen LogP contribution in [0.5, 0.6) is 0 Å². The van der Waals surface area contributed by atoms with Crippen LogP contribution in [0.4, 0.5) is 21.5 Å². The van der Waals surface area contributed by atoms with Crippen LogP contribution in [0.15, 0.2) is 78.9 Å². The second-order valence-corrected chi connectivity index (χ2v) is 5.23. The number of carbonyl (C=O) groups is 1. The minimum Gasteiger partial charge on any atom is -0.270 e. The van der Waals surface area contributed by atoms with Crippen molar-refractivity contribution in [1.82, 2.24) is 0 Å². The molecule has 6 heteroatoms. The van der Waals surface area contributed by atoms with Crippen LogP contribution in [0.2, 0.25) is 0 Å². The van der Waals surface area contributed by atoms with E-state index < -0.39 is 16.6 Å². The van der Waals surface area contributed by atoms with Gasteiger partial charge in [-0.1, -0.05) is 30.3 Å². The molecule has 0 bridgehead atoms. The molecule has 0 fully saturated rings. The highest BCUT2D eigenvalue weighted by Gasteiger charge is 2.26. The lowest BCUT2D eigenvalue weighted by Crippen LogP contribution is -2.26. The fourth-order valence-corrected chi connectivity index (χ4v) is 2.47. The van der Waals surface area contributed by atoms with Crippen LogP contribution in [0.1, 0.15) is 10.4 Å². The molecule has 25 heavy (non-hydrogen) atoms. The van der Waals surface area contributed by atoms with Crippen molar-refractivity contribution in [3.63, 3.8) is 0 Å². The zero-order valence-electron chi connectivity index (χ0n) is 13.0. The van der Waals surface area contributed by atoms with Crippen molar-refractivity contribution >= 4 is 23.0 Å². The molecule has 5 nitrogen and oxygen atoms in total. The topological polar surface area (TPSA) is 63.5 Å². The molecule has 0 aliphatic heterocycles. The van der Waals surface area contributed by atoms with E-state index >= 15 is 0 Å². The molecule has 0 saturated heterocycles. The number of hydrogen-bond acceptors (Lipinski definition) is 3. The zero-order chi connectivity index (χ0) is 17.8. The quantitative estimate of drug-likeness (QED) is 0.512. The third-order valence-electron chi connectivity index (χ3n) is 3.63. The van der Waals surface area contributed by atoms with Crippen molar-refractivity contribution in [3.05, 3.63) is 100 Å². The van der Waals surface area contributed by atoms with Gasteiger partial charge < -0.3 is 0 Å². The molecule has 0 aliphatic rings. The van der Waals surface area contributed by atoms with E-state index in [0.29, 0.717) is 5.69 Å². The Kier molecular flexibility index (Phi) is 4.52. The maximum absolute atomic E-state index is 13.2. The first kappa shape index (κ1) is 16.3. The molecule has 0 aromatic heterocycles. The van der Waals surface area contributed by atoms with Gasteiger partial charge in [-0.3, -0.25) is 19.8 Å². The summed E-state index contributed by atoms with van der Waals surface area (Å²) in [4.78, 5) is 25.1. The first-order valence-electron chi connectivity index (χ1n) is 7.46. The van der Waals surface area contributed by atoms with Crippen LogP contribution in [0.3, 0.4) is 0 Å². The summed E-state index contributed by atoms with van der Waals surface area (Å²) in [5.41, 5.74) is 0.657. The fraction of sp³-hybridized carbons (Fsp3) is 0. The Hall–Kier alpha value is -3.54. The highest BCUT2D eigenvalue weighted by atomic mass is 19.1. The Morgan fingerprint density at radius 1 is 0.880 bits per heavy atom. The lowest BCUT2D eigenvalue weighted by Gasteiger charge is -2.23. The van der Waals surface area contributed by atoms with E-state index in [1.165, 1.54) is 47.4 Å². The Labute approximate surface area is 143 Å². The maximum atomic E-state index is 13.2. The highest BCUT2D eigenvalue weighted by molar-refractivity contribution is 6.12. The summed E-state index contributed by atoms with van der Waals surface area (Å²) in [5.74, 6) is -0.950. The molecule has 0 saturated carbocycles. The summed E-state index contributed by atoms with van der Waals surface area (Å²) >= 11 is 0. The summed E-state index contributed by atoms with van der Waals surface area (Å²) in [6.45, 7) is 0. The van der Waals surface area contributed by atoms with Crippen LogP contribution >= 0.6 is 0 Å². The number of carbonyl (C=O) groups excluding carboxylic acids is 1. The number of anilines is 2. The van der Waals surface area contributed by atoms with Crippen molar-refractivity contribution in [3.8, 4) is 0 Å². The number of nitro benzene ring substituents is 1. The van der Waals surface area contributed by atoms with Crippen molar-refractivity contribution < 1.29 is 14.1 Å². The van der Waals surface area contributed by atoms with E-state index in [1.54, 1.807) is 36.4 Å². The van der Waals surface area contributed by atoms with Gasteiger partial charge in [-0.15, -0.1) is 0 Å². The summed E-state index contributed by atoms with van der Waals surface area (Å²) in [6.07, 6.45) is 0. The molecule has 1 amide bonds. The number of nitrogens with zero attached hydrogens (tertiary/aromatic N) is 2. The van der Waals surface area contributed by atoms with Gasteiger partial charge in [0, 0.05) is 17.3 Å². The second-order valence-electron chi connectivity index (χ2n) is 5.23. The van der Waals surface area contributed by atoms with E-state index in [1.807, 2.05) is 0 Å². The van der Waals surface area contributed by atoms with Gasteiger partial charge in [0.1, 0.15) is 11.5 Å². The van der Waals surface area contributed by atoms with Gasteiger partial charge in [0.05, 0.1) is 4.92 Å². The Balaban J connectivity index is 2.16. The van der Waals surface area contributed by atoms with Gasteiger partial charge in [-0.05, 0) is 42.5 Å². The Bertz CT molecular complexity index is 911. The summed E-state index contributed by atoms with van der Waals surface area (Å²) in [6, 6.07) is 19.7. The van der Waals surface area contributed by atoms with Gasteiger partial charge in [0.25, 0.3) is 11.6 Å². The third kappa shape index (κ3) is 3.37. The Morgan fingerprint density at radius 3 is 2.12 bits per heavy atom. The number of benzene rings is 3. The predicted octanol–water partition coefficient (Wildman–Crippen LogP) is 4.71. The first-order valence-corrected chi connectivity index (χ1v) is 7.46. The number of amides is 1. The molecule has 3 rings (SSSR count). The van der Waals surface area contributed by atoms with E-state index in [9.17, 15) is 19.3 Å². The smallest absolute Gasteiger partial charge is 0.270 e. The molecular formula is C19H13FN2O3. The van der Waals surface area contributed by atoms with E-state index in [-0.39, 0.29) is 16.9 Å². The third-order valence-corrected chi connectivity index (χ3v) is 3.63. The summed E-state index contributed by atoms with van der Waals surface area (Å²) < 4.78 is 13.2. The van der Waals surface area contributed by atoms with Crippen molar-refractivity contribution in [2.45, 2.75) is 0 Å². The first-order chi connectivity index (χ1) is 12.1. The molecule has 0 aliphatic carbocycles. The van der Waals surface area contributed by atoms with Crippen LogP contribution in [0.25, 0.3) is 0 Å². The summed E-state index contributed by atoms with van der Waals surface area (Å²) in [5, 5.41) is 11.4. The lowest BCUT2D eigenvalue weighted by molar-refractivity contribution is -0.384. The van der Waals surface area contributed by atoms with Crippen molar-refractivity contribution in [1.29, 1.82) is 0 Å². The molecule has 0 N–H and O–H groups in total. The number of para-hydroxylation sites is 3.